The summed E-state index contributed by atoms with van der Waals surface area (Å²) in [6.07, 6.45) is 1.26. The molecule has 0 radical (unpaired) electrons. The van der Waals surface area contributed by atoms with Gasteiger partial charge >= 0.3 is 0 Å². The first-order valence-corrected chi connectivity index (χ1v) is 12.0. The Kier molecular flexibility index (Phi) is 6.14. The number of para-hydroxylation sites is 1. The summed E-state index contributed by atoms with van der Waals surface area (Å²) in [6, 6.07) is 19.2. The van der Waals surface area contributed by atoms with Crippen LogP contribution in [-0.4, -0.2) is 22.4 Å². The molecule has 1 aliphatic heterocycles. The summed E-state index contributed by atoms with van der Waals surface area (Å²) in [5, 5.41) is 2.97. The lowest BCUT2D eigenvalue weighted by atomic mass is 10.0. The third kappa shape index (κ3) is 4.17. The minimum Gasteiger partial charge on any atom is -0.493 e. The van der Waals surface area contributed by atoms with Gasteiger partial charge in [0.15, 0.2) is 11.5 Å². The Bertz CT molecular complexity index is 1530. The predicted octanol–water partition coefficient (Wildman–Crippen LogP) is 5.16. The monoisotopic (exact) mass is 483 g/mol. The molecule has 0 spiro atoms. The zero-order valence-electron chi connectivity index (χ0n) is 20.9. The molecular formula is C29H29N3O4. The van der Waals surface area contributed by atoms with Crippen LogP contribution in [0.3, 0.4) is 0 Å². The molecule has 7 heteroatoms. The van der Waals surface area contributed by atoms with Gasteiger partial charge in [0.2, 0.25) is 11.8 Å². The Balaban J connectivity index is 1.60. The largest absolute Gasteiger partial charge is 0.493 e. The normalized spacial score (nSPS) is 11.9. The molecule has 0 unspecified atom stereocenters. The number of amides is 1. The van der Waals surface area contributed by atoms with Crippen LogP contribution in [0.2, 0.25) is 0 Å². The van der Waals surface area contributed by atoms with Crippen LogP contribution in [0.5, 0.6) is 17.4 Å². The van der Waals surface area contributed by atoms with Crippen molar-refractivity contribution in [3.05, 3.63) is 98.8 Å². The topological polar surface area (TPSA) is 74.5 Å². The summed E-state index contributed by atoms with van der Waals surface area (Å²) in [5.41, 5.74) is 5.87. The van der Waals surface area contributed by atoms with Crippen LogP contribution >= 0.6 is 0 Å². The van der Waals surface area contributed by atoms with E-state index in [4.69, 9.17) is 9.47 Å². The van der Waals surface area contributed by atoms with E-state index in [9.17, 15) is 9.59 Å². The van der Waals surface area contributed by atoms with Crippen molar-refractivity contribution in [1.29, 1.82) is 0 Å². The lowest BCUT2D eigenvalue weighted by molar-refractivity contribution is -0.117. The molecule has 7 nitrogen and oxygen atoms in total. The first kappa shape index (κ1) is 23.5. The minimum atomic E-state index is -0.256. The van der Waals surface area contributed by atoms with Gasteiger partial charge in [-0.05, 0) is 67.3 Å². The van der Waals surface area contributed by atoms with Crippen molar-refractivity contribution < 1.29 is 14.3 Å². The molecule has 1 amide bonds. The number of nitrogens with one attached hydrogen (secondary N) is 1. The van der Waals surface area contributed by atoms with E-state index in [1.807, 2.05) is 74.5 Å². The van der Waals surface area contributed by atoms with Crippen molar-refractivity contribution in [2.45, 2.75) is 40.2 Å². The average molecular weight is 484 g/mol. The highest BCUT2D eigenvalue weighted by Crippen LogP contribution is 2.41. The second kappa shape index (κ2) is 9.41. The van der Waals surface area contributed by atoms with Gasteiger partial charge in [0, 0.05) is 17.7 Å². The van der Waals surface area contributed by atoms with E-state index in [1.165, 1.54) is 4.68 Å². The average Bonchev–Trinajstić information content (AvgIpc) is 3.14. The Hall–Kier alpha value is -4.26. The van der Waals surface area contributed by atoms with E-state index in [-0.39, 0.29) is 18.0 Å². The zero-order chi connectivity index (χ0) is 25.4. The molecule has 1 aliphatic rings. The quantitative estimate of drug-likeness (QED) is 0.362. The fourth-order valence-electron chi connectivity index (χ4n) is 4.57. The first-order chi connectivity index (χ1) is 17.4. The third-order valence-corrected chi connectivity index (χ3v) is 6.68. The number of carbonyl (C=O) groups is 1. The minimum absolute atomic E-state index is 0.0989. The number of hydrogen-bond donors (Lipinski definition) is 1. The van der Waals surface area contributed by atoms with Gasteiger partial charge in [0.25, 0.3) is 5.56 Å². The highest BCUT2D eigenvalue weighted by molar-refractivity contribution is 5.90. The van der Waals surface area contributed by atoms with Crippen LogP contribution in [0.25, 0.3) is 5.69 Å². The Labute approximate surface area is 209 Å². The van der Waals surface area contributed by atoms with Gasteiger partial charge in [-0.25, -0.2) is 9.36 Å². The number of methoxy groups -OCH3 is 1. The molecule has 0 bridgehead atoms. The van der Waals surface area contributed by atoms with Gasteiger partial charge in [0.1, 0.15) is 6.54 Å². The number of carbonyl (C=O) groups excluding carboxylic acids is 1. The maximum Gasteiger partial charge on any atom is 0.278 e. The first-order valence-electron chi connectivity index (χ1n) is 12.0. The van der Waals surface area contributed by atoms with Crippen LogP contribution in [0.15, 0.2) is 65.5 Å². The molecule has 5 rings (SSSR count). The molecule has 0 fully saturated rings. The number of ether oxygens (including phenoxy) is 2. The molecule has 36 heavy (non-hydrogen) atoms. The van der Waals surface area contributed by atoms with Crippen molar-refractivity contribution in [1.82, 2.24) is 9.36 Å². The van der Waals surface area contributed by atoms with E-state index in [0.717, 1.165) is 28.7 Å². The Morgan fingerprint density at radius 3 is 2.61 bits per heavy atom. The Morgan fingerprint density at radius 2 is 1.86 bits per heavy atom. The van der Waals surface area contributed by atoms with Crippen molar-refractivity contribution in [3.8, 4) is 23.1 Å². The highest BCUT2D eigenvalue weighted by Gasteiger charge is 2.30. The number of rotatable bonds is 6. The van der Waals surface area contributed by atoms with Crippen LogP contribution in [0, 0.1) is 13.8 Å². The van der Waals surface area contributed by atoms with Crippen LogP contribution in [0.1, 0.15) is 34.7 Å². The van der Waals surface area contributed by atoms with Gasteiger partial charge in [-0.2, -0.15) is 0 Å². The molecule has 4 aromatic rings. The summed E-state index contributed by atoms with van der Waals surface area (Å²) >= 11 is 0. The van der Waals surface area contributed by atoms with Crippen molar-refractivity contribution in [2.24, 2.45) is 0 Å². The van der Waals surface area contributed by atoms with Crippen LogP contribution in [-0.2, 0) is 24.2 Å². The lowest BCUT2D eigenvalue weighted by Crippen LogP contribution is -2.27. The number of aromatic nitrogens is 2. The molecular weight excluding hydrogens is 454 g/mol. The van der Waals surface area contributed by atoms with E-state index in [1.54, 1.807) is 11.8 Å². The molecule has 0 atom stereocenters. The van der Waals surface area contributed by atoms with E-state index in [2.05, 4.69) is 12.2 Å². The zero-order valence-corrected chi connectivity index (χ0v) is 20.9. The standard InChI is InChI=1S/C29H29N3O4/c1-5-20-8-6-10-22(15-20)30-26(33)17-31-29-24(16-21-9-7-11-25(35-4)27(21)36-29)28(34)32(31)23-13-12-18(2)19(3)14-23/h6-15H,5,16-17H2,1-4H3,(H,30,33). The van der Waals surface area contributed by atoms with Crippen molar-refractivity contribution in [3.63, 3.8) is 0 Å². The molecule has 1 N–H and O–H groups in total. The van der Waals surface area contributed by atoms with Gasteiger partial charge in [-0.3, -0.25) is 9.59 Å². The number of nitrogens with zero attached hydrogens (tertiary/aromatic N) is 2. The third-order valence-electron chi connectivity index (χ3n) is 6.68. The summed E-state index contributed by atoms with van der Waals surface area (Å²) in [7, 11) is 1.58. The number of hydrogen-bond acceptors (Lipinski definition) is 4. The van der Waals surface area contributed by atoms with E-state index in [0.29, 0.717) is 40.7 Å². The Morgan fingerprint density at radius 1 is 1.06 bits per heavy atom. The fraction of sp³-hybridized carbons (Fsp3) is 0.241. The fourth-order valence-corrected chi connectivity index (χ4v) is 4.57. The smallest absolute Gasteiger partial charge is 0.278 e. The maximum atomic E-state index is 13.7. The SMILES string of the molecule is CCc1cccc(NC(=O)Cn2c3c(c(=O)n2-c2ccc(C)c(C)c2)Cc2cccc(OC)c2O3)c1. The summed E-state index contributed by atoms with van der Waals surface area (Å²) in [6.45, 7) is 5.99. The van der Waals surface area contributed by atoms with Crippen LogP contribution < -0.4 is 20.3 Å². The summed E-state index contributed by atoms with van der Waals surface area (Å²) in [4.78, 5) is 26.9. The van der Waals surface area contributed by atoms with Gasteiger partial charge in [0.05, 0.1) is 18.4 Å². The molecule has 0 saturated heterocycles. The molecule has 184 valence electrons. The van der Waals surface area contributed by atoms with Crippen molar-refractivity contribution in [2.75, 3.05) is 12.4 Å². The molecule has 2 heterocycles. The number of aryl methyl sites for hydroxylation is 3. The van der Waals surface area contributed by atoms with Crippen molar-refractivity contribution >= 4 is 11.6 Å². The number of anilines is 1. The predicted molar refractivity (Wildman–Crippen MR) is 140 cm³/mol. The van der Waals surface area contributed by atoms with E-state index >= 15 is 0 Å². The maximum absolute atomic E-state index is 13.7. The van der Waals surface area contributed by atoms with Gasteiger partial charge in [-0.1, -0.05) is 37.3 Å². The highest BCUT2D eigenvalue weighted by atomic mass is 16.5. The molecule has 0 aliphatic carbocycles. The van der Waals surface area contributed by atoms with Gasteiger partial charge < -0.3 is 14.8 Å². The van der Waals surface area contributed by atoms with Crippen LogP contribution in [0.4, 0.5) is 5.69 Å². The number of fused-ring (bicyclic) bond motifs is 2. The lowest BCUT2D eigenvalue weighted by Gasteiger charge is -2.21. The molecule has 0 saturated carbocycles. The second-order valence-corrected chi connectivity index (χ2v) is 9.06. The summed E-state index contributed by atoms with van der Waals surface area (Å²) < 4.78 is 15.0. The molecule has 3 aromatic carbocycles. The van der Waals surface area contributed by atoms with E-state index < -0.39 is 0 Å². The van der Waals surface area contributed by atoms with Gasteiger partial charge in [-0.15, -0.1) is 0 Å². The summed E-state index contributed by atoms with van der Waals surface area (Å²) in [5.74, 6) is 1.24. The number of benzene rings is 3. The second-order valence-electron chi connectivity index (χ2n) is 9.06. The molecule has 1 aromatic heterocycles.